The van der Waals surface area contributed by atoms with Crippen molar-refractivity contribution < 1.29 is 4.79 Å². The van der Waals surface area contributed by atoms with E-state index < -0.39 is 0 Å². The molecule has 0 fully saturated rings. The van der Waals surface area contributed by atoms with Crippen LogP contribution in [0.2, 0.25) is 0 Å². The molecular weight excluding hydrogens is 382 g/mol. The number of nitrogens with zero attached hydrogens (tertiary/aromatic N) is 2. The highest BCUT2D eigenvalue weighted by Gasteiger charge is 2.12. The molecule has 4 nitrogen and oxygen atoms in total. The molecule has 0 saturated heterocycles. The molecule has 0 saturated carbocycles. The Hall–Kier alpha value is -0.790. The molecule has 0 unspecified atom stereocenters. The monoisotopic (exact) mass is 389 g/mol. The number of aryl methyl sites for hydroxylation is 1. The van der Waals surface area contributed by atoms with E-state index in [0.29, 0.717) is 19.9 Å². The maximum atomic E-state index is 12.0. The van der Waals surface area contributed by atoms with Crippen LogP contribution in [0.15, 0.2) is 27.5 Å². The summed E-state index contributed by atoms with van der Waals surface area (Å²) in [4.78, 5) is 22.0. The first-order valence-electron chi connectivity index (χ1n) is 5.18. The van der Waals surface area contributed by atoms with Crippen molar-refractivity contribution in [3.8, 4) is 0 Å². The lowest BCUT2D eigenvalue weighted by molar-refractivity contribution is 0.103. The zero-order valence-corrected chi connectivity index (χ0v) is 13.4. The molecule has 0 atom stereocenters. The second-order valence-corrected chi connectivity index (χ2v) is 6.14. The number of amides is 1. The van der Waals surface area contributed by atoms with Crippen molar-refractivity contribution in [3.05, 3.63) is 37.3 Å². The zero-order valence-electron chi connectivity index (χ0n) is 9.41. The van der Waals surface area contributed by atoms with Crippen molar-refractivity contribution in [1.82, 2.24) is 9.97 Å². The predicted molar refractivity (Wildman–Crippen MR) is 79.1 cm³/mol. The van der Waals surface area contributed by atoms with Gasteiger partial charge in [-0.3, -0.25) is 4.79 Å². The average molecular weight is 391 g/mol. The first-order valence-corrected chi connectivity index (χ1v) is 7.58. The minimum Gasteiger partial charge on any atom is -0.304 e. The van der Waals surface area contributed by atoms with Crippen LogP contribution in [0.5, 0.6) is 0 Å². The molecule has 2 aromatic heterocycles. The molecule has 0 aliphatic carbocycles. The molecule has 0 radical (unpaired) electrons. The Morgan fingerprint density at radius 3 is 2.83 bits per heavy atom. The second kappa shape index (κ2) is 5.90. The Morgan fingerprint density at radius 2 is 2.22 bits per heavy atom. The van der Waals surface area contributed by atoms with Crippen molar-refractivity contribution in [2.24, 2.45) is 0 Å². The van der Waals surface area contributed by atoms with Gasteiger partial charge in [0.25, 0.3) is 5.91 Å². The molecular formula is C11H9Br2N3OS. The number of nitrogens with one attached hydrogen (secondary N) is 1. The van der Waals surface area contributed by atoms with Gasteiger partial charge >= 0.3 is 0 Å². The Balaban J connectivity index is 2.16. The third-order valence-corrected chi connectivity index (χ3v) is 4.33. The summed E-state index contributed by atoms with van der Waals surface area (Å²) in [6, 6.07) is 3.78. The van der Waals surface area contributed by atoms with E-state index in [4.69, 9.17) is 0 Å². The van der Waals surface area contributed by atoms with Crippen LogP contribution in [0.4, 0.5) is 5.82 Å². The van der Waals surface area contributed by atoms with Crippen molar-refractivity contribution in [1.29, 1.82) is 0 Å². The van der Waals surface area contributed by atoms with Crippen molar-refractivity contribution in [2.75, 3.05) is 5.32 Å². The van der Waals surface area contributed by atoms with Gasteiger partial charge in [-0.1, -0.05) is 6.92 Å². The van der Waals surface area contributed by atoms with E-state index in [1.807, 2.05) is 12.1 Å². The molecule has 0 aliphatic rings. The molecule has 2 aromatic rings. The number of carbonyl (C=O) groups excluding carboxylic acids is 1. The molecule has 94 valence electrons. The minimum atomic E-state index is -0.169. The summed E-state index contributed by atoms with van der Waals surface area (Å²) in [6.07, 6.45) is 2.46. The van der Waals surface area contributed by atoms with Gasteiger partial charge in [-0.15, -0.1) is 11.3 Å². The SMILES string of the molecule is CCc1ccc(C(=O)Nc2ncc(Br)nc2Br)s1. The Kier molecular flexibility index (Phi) is 4.47. The topological polar surface area (TPSA) is 54.9 Å². The molecule has 1 N–H and O–H groups in total. The normalized spacial score (nSPS) is 10.4. The Bertz CT molecular complexity index is 585. The van der Waals surface area contributed by atoms with Crippen LogP contribution in [0.3, 0.4) is 0 Å². The van der Waals surface area contributed by atoms with Crippen LogP contribution in [-0.2, 0) is 6.42 Å². The van der Waals surface area contributed by atoms with Gasteiger partial charge in [0.15, 0.2) is 5.82 Å². The van der Waals surface area contributed by atoms with Crippen molar-refractivity contribution in [3.63, 3.8) is 0 Å². The van der Waals surface area contributed by atoms with Gasteiger partial charge in [0, 0.05) is 4.88 Å². The van der Waals surface area contributed by atoms with Gasteiger partial charge in [0.05, 0.1) is 11.1 Å². The van der Waals surface area contributed by atoms with Gasteiger partial charge in [0.2, 0.25) is 0 Å². The minimum absolute atomic E-state index is 0.169. The maximum Gasteiger partial charge on any atom is 0.266 e. The van der Waals surface area contributed by atoms with Gasteiger partial charge in [-0.05, 0) is 50.4 Å². The average Bonchev–Trinajstić information content (AvgIpc) is 2.81. The lowest BCUT2D eigenvalue weighted by Gasteiger charge is -2.04. The zero-order chi connectivity index (χ0) is 13.1. The highest BCUT2D eigenvalue weighted by atomic mass is 79.9. The van der Waals surface area contributed by atoms with E-state index in [2.05, 4.69) is 54.1 Å². The highest BCUT2D eigenvalue weighted by Crippen LogP contribution is 2.22. The fraction of sp³-hybridized carbons (Fsp3) is 0.182. The van der Waals surface area contributed by atoms with E-state index in [0.717, 1.165) is 6.42 Å². The van der Waals surface area contributed by atoms with Gasteiger partial charge in [-0.25, -0.2) is 9.97 Å². The fourth-order valence-corrected chi connectivity index (χ4v) is 3.04. The number of thiophene rings is 1. The molecule has 2 heterocycles. The van der Waals surface area contributed by atoms with E-state index >= 15 is 0 Å². The number of rotatable bonds is 3. The number of hydrogen-bond acceptors (Lipinski definition) is 4. The number of carbonyl (C=O) groups is 1. The summed E-state index contributed by atoms with van der Waals surface area (Å²) in [5.74, 6) is 0.242. The van der Waals surface area contributed by atoms with Crippen molar-refractivity contribution >= 4 is 54.9 Å². The largest absolute Gasteiger partial charge is 0.304 e. The van der Waals surface area contributed by atoms with Crippen LogP contribution in [0.1, 0.15) is 21.5 Å². The lowest BCUT2D eigenvalue weighted by Crippen LogP contribution is -2.12. The summed E-state index contributed by atoms with van der Waals surface area (Å²) in [6.45, 7) is 2.06. The molecule has 1 amide bonds. The second-order valence-electron chi connectivity index (χ2n) is 3.41. The van der Waals surface area contributed by atoms with E-state index in [1.165, 1.54) is 22.4 Å². The fourth-order valence-electron chi connectivity index (χ4n) is 1.29. The predicted octanol–water partition coefficient (Wildman–Crippen LogP) is 3.88. The van der Waals surface area contributed by atoms with Crippen LogP contribution in [-0.4, -0.2) is 15.9 Å². The summed E-state index contributed by atoms with van der Waals surface area (Å²) < 4.78 is 1.11. The smallest absolute Gasteiger partial charge is 0.266 e. The first kappa shape index (κ1) is 13.6. The van der Waals surface area contributed by atoms with Crippen LogP contribution >= 0.6 is 43.2 Å². The molecule has 0 aromatic carbocycles. The number of hydrogen-bond donors (Lipinski definition) is 1. The molecule has 7 heteroatoms. The highest BCUT2D eigenvalue weighted by molar-refractivity contribution is 9.11. The third kappa shape index (κ3) is 3.15. The molecule has 18 heavy (non-hydrogen) atoms. The lowest BCUT2D eigenvalue weighted by atomic mass is 10.3. The quantitative estimate of drug-likeness (QED) is 0.865. The molecule has 0 bridgehead atoms. The van der Waals surface area contributed by atoms with Gasteiger partial charge in [-0.2, -0.15) is 0 Å². The van der Waals surface area contributed by atoms with Crippen LogP contribution < -0.4 is 5.32 Å². The molecule has 2 rings (SSSR count). The molecule has 0 aliphatic heterocycles. The number of halogens is 2. The summed E-state index contributed by atoms with van der Waals surface area (Å²) in [5, 5.41) is 2.72. The number of anilines is 1. The summed E-state index contributed by atoms with van der Waals surface area (Å²) >= 11 is 7.94. The first-order chi connectivity index (χ1) is 8.60. The standard InChI is InChI=1S/C11H9Br2N3OS/c1-2-6-3-4-7(18-6)11(17)16-10-9(13)15-8(12)5-14-10/h3-5H,2H2,1H3,(H,14,16,17). The maximum absolute atomic E-state index is 12.0. The van der Waals surface area contributed by atoms with E-state index in [9.17, 15) is 4.79 Å². The van der Waals surface area contributed by atoms with E-state index in [1.54, 1.807) is 0 Å². The van der Waals surface area contributed by atoms with E-state index in [-0.39, 0.29) is 5.91 Å². The van der Waals surface area contributed by atoms with Gasteiger partial charge in [0.1, 0.15) is 9.21 Å². The third-order valence-electron chi connectivity index (χ3n) is 2.17. The number of aromatic nitrogens is 2. The summed E-state index contributed by atoms with van der Waals surface area (Å²) in [7, 11) is 0. The molecule has 0 spiro atoms. The summed E-state index contributed by atoms with van der Waals surface area (Å²) in [5.41, 5.74) is 0. The van der Waals surface area contributed by atoms with Crippen LogP contribution in [0, 0.1) is 0 Å². The Morgan fingerprint density at radius 1 is 1.44 bits per heavy atom. The van der Waals surface area contributed by atoms with Crippen molar-refractivity contribution in [2.45, 2.75) is 13.3 Å². The van der Waals surface area contributed by atoms with Gasteiger partial charge < -0.3 is 5.32 Å². The Labute approximate surface area is 125 Å². The van der Waals surface area contributed by atoms with Crippen LogP contribution in [0.25, 0.3) is 0 Å².